The van der Waals surface area contributed by atoms with Crippen LogP contribution < -0.4 is 5.32 Å². The van der Waals surface area contributed by atoms with Gasteiger partial charge in [0.15, 0.2) is 5.82 Å². The first-order chi connectivity index (χ1) is 12.3. The fourth-order valence-electron chi connectivity index (χ4n) is 2.59. The number of rotatable bonds is 7. The molecule has 0 aliphatic carbocycles. The van der Waals surface area contributed by atoms with Crippen LogP contribution in [0.4, 0.5) is 5.82 Å². The zero-order chi connectivity index (χ0) is 17.5. The van der Waals surface area contributed by atoms with Crippen LogP contribution in [-0.2, 0) is 24.3 Å². The van der Waals surface area contributed by atoms with Crippen molar-refractivity contribution in [2.75, 3.05) is 12.4 Å². The highest BCUT2D eigenvalue weighted by Gasteiger charge is 2.08. The maximum absolute atomic E-state index is 5.27. The van der Waals surface area contributed by atoms with E-state index in [0.29, 0.717) is 19.0 Å². The topological polar surface area (TPSA) is 59.9 Å². The Balaban J connectivity index is 1.83. The maximum atomic E-state index is 5.27. The van der Waals surface area contributed by atoms with Gasteiger partial charge in [0.1, 0.15) is 11.5 Å². The second kappa shape index (κ2) is 8.35. The molecule has 0 amide bonds. The smallest absolute Gasteiger partial charge is 0.180 e. The van der Waals surface area contributed by atoms with E-state index >= 15 is 0 Å². The first-order valence-electron chi connectivity index (χ1n) is 8.39. The lowest BCUT2D eigenvalue weighted by Crippen LogP contribution is -2.07. The van der Waals surface area contributed by atoms with Gasteiger partial charge in [-0.25, -0.2) is 9.97 Å². The summed E-state index contributed by atoms with van der Waals surface area (Å²) in [5, 5.41) is 3.41. The third kappa shape index (κ3) is 4.39. The Morgan fingerprint density at radius 2 is 1.80 bits per heavy atom. The number of anilines is 1. The molecule has 5 heteroatoms. The minimum absolute atomic E-state index is 0.598. The monoisotopic (exact) mass is 334 g/mol. The molecule has 0 spiro atoms. The Morgan fingerprint density at radius 1 is 1.00 bits per heavy atom. The molecule has 2 heterocycles. The molecule has 1 N–H and O–H groups in total. The summed E-state index contributed by atoms with van der Waals surface area (Å²) >= 11 is 0. The molecule has 128 valence electrons. The van der Waals surface area contributed by atoms with Gasteiger partial charge in [-0.05, 0) is 29.7 Å². The molecule has 3 aromatic rings. The van der Waals surface area contributed by atoms with Crippen molar-refractivity contribution in [3.05, 3.63) is 71.5 Å². The highest BCUT2D eigenvalue weighted by molar-refractivity contribution is 5.53. The fraction of sp³-hybridized carbons (Fsp3) is 0.250. The van der Waals surface area contributed by atoms with Gasteiger partial charge in [-0.3, -0.25) is 4.98 Å². The van der Waals surface area contributed by atoms with Gasteiger partial charge in [0.05, 0.1) is 6.61 Å². The van der Waals surface area contributed by atoms with Gasteiger partial charge in [0.2, 0.25) is 0 Å². The Kier molecular flexibility index (Phi) is 5.69. The third-order valence-corrected chi connectivity index (χ3v) is 3.91. The Morgan fingerprint density at radius 3 is 2.52 bits per heavy atom. The molecule has 0 saturated heterocycles. The van der Waals surface area contributed by atoms with E-state index in [1.807, 2.05) is 36.4 Å². The lowest BCUT2D eigenvalue weighted by Gasteiger charge is -2.12. The first-order valence-corrected chi connectivity index (χ1v) is 8.39. The summed E-state index contributed by atoms with van der Waals surface area (Å²) in [5.41, 5.74) is 4.14. The van der Waals surface area contributed by atoms with Crippen LogP contribution in [0, 0.1) is 0 Å². The zero-order valence-electron chi connectivity index (χ0n) is 14.6. The van der Waals surface area contributed by atoms with Gasteiger partial charge >= 0.3 is 0 Å². The summed E-state index contributed by atoms with van der Waals surface area (Å²) in [5.74, 6) is 1.45. The molecule has 25 heavy (non-hydrogen) atoms. The number of nitrogens with one attached hydrogen (secondary N) is 1. The molecule has 0 unspecified atom stereocenters. The largest absolute Gasteiger partial charge is 0.380 e. The lowest BCUT2D eigenvalue weighted by molar-refractivity contribution is 0.184. The number of aromatic nitrogens is 3. The van der Waals surface area contributed by atoms with E-state index < -0.39 is 0 Å². The second-order valence-electron chi connectivity index (χ2n) is 5.69. The highest BCUT2D eigenvalue weighted by Crippen LogP contribution is 2.18. The van der Waals surface area contributed by atoms with Crippen molar-refractivity contribution < 1.29 is 4.74 Å². The van der Waals surface area contributed by atoms with Gasteiger partial charge in [-0.2, -0.15) is 0 Å². The van der Waals surface area contributed by atoms with Crippen LogP contribution in [0.3, 0.4) is 0 Å². The summed E-state index contributed by atoms with van der Waals surface area (Å²) in [6, 6.07) is 16.0. The molecule has 0 saturated carbocycles. The van der Waals surface area contributed by atoms with Crippen molar-refractivity contribution in [1.82, 2.24) is 15.0 Å². The molecule has 0 aliphatic heterocycles. The summed E-state index contributed by atoms with van der Waals surface area (Å²) < 4.78 is 5.27. The number of pyridine rings is 1. The van der Waals surface area contributed by atoms with E-state index in [0.717, 1.165) is 23.6 Å². The highest BCUT2D eigenvalue weighted by atomic mass is 16.5. The number of nitrogens with zero attached hydrogens (tertiary/aromatic N) is 3. The molecule has 0 bridgehead atoms. The van der Waals surface area contributed by atoms with E-state index in [2.05, 4.69) is 39.3 Å². The van der Waals surface area contributed by atoms with Crippen LogP contribution in [0.1, 0.15) is 23.7 Å². The van der Waals surface area contributed by atoms with Crippen LogP contribution >= 0.6 is 0 Å². The quantitative estimate of drug-likeness (QED) is 0.711. The average Bonchev–Trinajstić information content (AvgIpc) is 2.68. The minimum Gasteiger partial charge on any atom is -0.380 e. The van der Waals surface area contributed by atoms with E-state index in [9.17, 15) is 0 Å². The molecular weight excluding hydrogens is 312 g/mol. The van der Waals surface area contributed by atoms with Crippen LogP contribution in [-0.4, -0.2) is 22.1 Å². The SMILES string of the molecule is CCc1cc(NCc2ccccc2COC)nc(-c2ccccn2)n1. The normalized spacial score (nSPS) is 10.6. The molecule has 0 atom stereocenters. The Labute approximate surface area is 148 Å². The van der Waals surface area contributed by atoms with Crippen molar-refractivity contribution in [3.63, 3.8) is 0 Å². The molecular formula is C20H22N4O. The third-order valence-electron chi connectivity index (χ3n) is 3.91. The molecule has 3 rings (SSSR count). The van der Waals surface area contributed by atoms with Gasteiger partial charge in [0, 0.05) is 31.6 Å². The fourth-order valence-corrected chi connectivity index (χ4v) is 2.59. The van der Waals surface area contributed by atoms with Crippen molar-refractivity contribution in [1.29, 1.82) is 0 Å². The standard InChI is InChI=1S/C20H22N4O/c1-3-17-12-19(24-20(23-17)18-10-6-7-11-21-18)22-13-15-8-4-5-9-16(15)14-25-2/h4-12H,3,13-14H2,1-2H3,(H,22,23,24). The van der Waals surface area contributed by atoms with Crippen LogP contribution in [0.25, 0.3) is 11.5 Å². The number of hydrogen-bond donors (Lipinski definition) is 1. The second-order valence-corrected chi connectivity index (χ2v) is 5.69. The van der Waals surface area contributed by atoms with E-state index in [-0.39, 0.29) is 0 Å². The zero-order valence-corrected chi connectivity index (χ0v) is 14.6. The number of hydrogen-bond acceptors (Lipinski definition) is 5. The minimum atomic E-state index is 0.598. The summed E-state index contributed by atoms with van der Waals surface area (Å²) in [6.45, 7) is 3.37. The summed E-state index contributed by atoms with van der Waals surface area (Å²) in [7, 11) is 1.71. The van der Waals surface area contributed by atoms with Crippen molar-refractivity contribution in [3.8, 4) is 11.5 Å². The summed E-state index contributed by atoms with van der Waals surface area (Å²) in [6.07, 6.45) is 2.60. The van der Waals surface area contributed by atoms with Gasteiger partial charge < -0.3 is 10.1 Å². The predicted molar refractivity (Wildman–Crippen MR) is 99.1 cm³/mol. The first kappa shape index (κ1) is 17.0. The van der Waals surface area contributed by atoms with Gasteiger partial charge in [-0.15, -0.1) is 0 Å². The van der Waals surface area contributed by atoms with E-state index in [1.165, 1.54) is 11.1 Å². The predicted octanol–water partition coefficient (Wildman–Crippen LogP) is 3.86. The van der Waals surface area contributed by atoms with Crippen molar-refractivity contribution >= 4 is 5.82 Å². The van der Waals surface area contributed by atoms with Crippen molar-refractivity contribution in [2.24, 2.45) is 0 Å². The number of methoxy groups -OCH3 is 1. The molecule has 5 nitrogen and oxygen atoms in total. The number of benzene rings is 1. The van der Waals surface area contributed by atoms with Gasteiger partial charge in [-0.1, -0.05) is 37.3 Å². The van der Waals surface area contributed by atoms with Crippen molar-refractivity contribution in [2.45, 2.75) is 26.5 Å². The molecule has 0 aliphatic rings. The van der Waals surface area contributed by atoms with E-state index in [1.54, 1.807) is 13.3 Å². The number of ether oxygens (including phenoxy) is 1. The van der Waals surface area contributed by atoms with Crippen LogP contribution in [0.15, 0.2) is 54.7 Å². The van der Waals surface area contributed by atoms with Gasteiger partial charge in [0.25, 0.3) is 0 Å². The summed E-state index contributed by atoms with van der Waals surface area (Å²) in [4.78, 5) is 13.6. The molecule has 1 aromatic carbocycles. The maximum Gasteiger partial charge on any atom is 0.180 e. The molecule has 0 fully saturated rings. The average molecular weight is 334 g/mol. The Bertz CT molecular complexity index is 821. The van der Waals surface area contributed by atoms with Crippen LogP contribution in [0.5, 0.6) is 0 Å². The molecule has 0 radical (unpaired) electrons. The lowest BCUT2D eigenvalue weighted by atomic mass is 10.1. The number of aryl methyl sites for hydroxylation is 1. The van der Waals surface area contributed by atoms with E-state index in [4.69, 9.17) is 4.74 Å². The molecule has 2 aromatic heterocycles. The Hall–Kier alpha value is -2.79. The van der Waals surface area contributed by atoms with Crippen LogP contribution in [0.2, 0.25) is 0 Å².